The van der Waals surface area contributed by atoms with Crippen molar-refractivity contribution in [1.29, 1.82) is 0 Å². The summed E-state index contributed by atoms with van der Waals surface area (Å²) in [4.78, 5) is 9.00. The van der Waals surface area contributed by atoms with Crippen LogP contribution in [-0.4, -0.2) is 113 Å². The maximum Gasteiger partial charge on any atom is 4.00 e. The maximum absolute atomic E-state index is 11.7. The second-order valence-electron chi connectivity index (χ2n) is 33.5. The van der Waals surface area contributed by atoms with Crippen molar-refractivity contribution in [3.63, 3.8) is 0 Å². The molecule has 0 aliphatic heterocycles. The Labute approximate surface area is 803 Å². The van der Waals surface area contributed by atoms with Gasteiger partial charge in [-0.2, -0.15) is 98.5 Å². The number of hydrogen-bond acceptors (Lipinski definition) is 8. The number of rotatable bonds is 18. The number of para-hydroxylation sites is 8. The van der Waals surface area contributed by atoms with E-state index in [2.05, 4.69) is 364 Å². The first kappa shape index (κ1) is 94.6. The maximum atomic E-state index is 11.7. The minimum absolute atomic E-state index is 0. The van der Waals surface area contributed by atoms with Gasteiger partial charge in [0, 0.05) is 118 Å². The van der Waals surface area contributed by atoms with Gasteiger partial charge in [0.05, 0.1) is 66.9 Å². The van der Waals surface area contributed by atoms with Gasteiger partial charge in [0.15, 0.2) is 0 Å². The first-order valence-electron chi connectivity index (χ1n) is 43.6. The number of phenols is 4. The van der Waals surface area contributed by atoms with Gasteiger partial charge in [0.2, 0.25) is 0 Å². The molecule has 0 radical (unpaired) electrons. The van der Waals surface area contributed by atoms with Crippen LogP contribution < -0.4 is 0 Å². The van der Waals surface area contributed by atoms with Crippen molar-refractivity contribution < 1.29 is 72.5 Å². The van der Waals surface area contributed by atoms with Crippen molar-refractivity contribution in [3.05, 3.63) is 458 Å². The molecule has 0 bridgehead atoms. The van der Waals surface area contributed by atoms with Gasteiger partial charge in [0.1, 0.15) is 23.0 Å². The van der Waals surface area contributed by atoms with Crippen LogP contribution in [0.25, 0.3) is 110 Å². The van der Waals surface area contributed by atoms with Crippen LogP contribution in [0.15, 0.2) is 364 Å². The largest absolute Gasteiger partial charge is 4.00 e. The van der Waals surface area contributed by atoms with Crippen molar-refractivity contribution in [2.75, 3.05) is 54.4 Å². The van der Waals surface area contributed by atoms with E-state index in [9.17, 15) is 20.4 Å². The zero-order chi connectivity index (χ0) is 89.5. The summed E-state index contributed by atoms with van der Waals surface area (Å²) in [7, 11) is 8.39. The third kappa shape index (κ3) is 21.9. The molecule has 4 aromatic heterocycles. The minimum Gasteiger partial charge on any atom is -0.505 e. The van der Waals surface area contributed by atoms with Gasteiger partial charge in [-0.1, -0.05) is 194 Å². The molecule has 0 aliphatic carbocycles. The van der Waals surface area contributed by atoms with E-state index >= 15 is 0 Å². The number of likely N-dealkylation sites (N-methyl/N-ethyl adjacent to an activating group) is 4. The molecule has 0 fully saturated rings. The van der Waals surface area contributed by atoms with Crippen molar-refractivity contribution in [1.82, 2.24) is 37.9 Å². The SMILES string of the molecule is Cc1cc(CN(C)CCN(C)Cc2cc(C)cc(-n3c4ccccc4c4ccccc43)c2O)c(O)c(-n2c3ccccc3c3ccccc32)c1.Cc1cc(CN(C)CCN(C)Cc2cc(C)cc(-n3c4ccccc4c4ccccc43)c2O)c(O)c(-n2c3ccccc3c3ccccc32)c1.[CH2-]c1ccccc1.[CH2-]c1ccccc1.[CH2-]c1ccccc1.[CH2-]c1ccccc1.[Hf+4].[Zr+4]. The fourth-order valence-corrected chi connectivity index (χ4v) is 17.3. The molecule has 16 aromatic carbocycles. The number of phenolic OH excluding ortho intramolecular Hbond substituents is 4. The molecule has 4 N–H and O–H groups in total. The zero-order valence-electron chi connectivity index (χ0n) is 75.5. The van der Waals surface area contributed by atoms with Crippen molar-refractivity contribution in [2.24, 2.45) is 0 Å². The van der Waals surface area contributed by atoms with E-state index in [0.717, 1.165) is 160 Å². The molecule has 20 aromatic rings. The van der Waals surface area contributed by atoms with Gasteiger partial charge >= 0.3 is 52.0 Å². The molecule has 130 heavy (non-hydrogen) atoms. The number of aromatic nitrogens is 4. The molecule has 12 nitrogen and oxygen atoms in total. The third-order valence-electron chi connectivity index (χ3n) is 23.4. The van der Waals surface area contributed by atoms with E-state index in [0.29, 0.717) is 49.2 Å². The predicted octanol–water partition coefficient (Wildman–Crippen LogP) is 26.4. The van der Waals surface area contributed by atoms with Crippen molar-refractivity contribution in [2.45, 2.75) is 53.9 Å². The monoisotopic (exact) mass is 1950 g/mol. The van der Waals surface area contributed by atoms with E-state index < -0.39 is 0 Å². The van der Waals surface area contributed by atoms with Gasteiger partial charge in [-0.15, -0.1) is 48.5 Å². The van der Waals surface area contributed by atoms with Crippen molar-refractivity contribution >= 4 is 87.2 Å². The Morgan fingerprint density at radius 1 is 0.215 bits per heavy atom. The van der Waals surface area contributed by atoms with Crippen molar-refractivity contribution in [3.8, 4) is 45.7 Å². The van der Waals surface area contributed by atoms with E-state index in [4.69, 9.17) is 0 Å². The second-order valence-corrected chi connectivity index (χ2v) is 33.5. The molecular weight excluding hydrogens is 1840 g/mol. The van der Waals surface area contributed by atoms with Crippen LogP contribution in [-0.2, 0) is 78.2 Å². The molecule has 0 saturated carbocycles. The molecule has 0 atom stereocenters. The van der Waals surface area contributed by atoms with Crippen LogP contribution in [0.2, 0.25) is 0 Å². The van der Waals surface area contributed by atoms with Crippen LogP contribution in [0, 0.1) is 55.4 Å². The van der Waals surface area contributed by atoms with Crippen LogP contribution in [0.4, 0.5) is 0 Å². The number of fused-ring (bicyclic) bond motifs is 12. The quantitative estimate of drug-likeness (QED) is 0.0496. The molecule has 0 spiro atoms. The number of benzene rings is 16. The number of nitrogens with zero attached hydrogens (tertiary/aromatic N) is 8. The van der Waals surface area contributed by atoms with Gasteiger partial charge in [-0.25, -0.2) is 0 Å². The Morgan fingerprint density at radius 2 is 0.354 bits per heavy atom. The molecule has 0 aliphatic rings. The fraction of sp³-hybridized carbons (Fsp3) is 0.138. The average Bonchev–Trinajstić information content (AvgIpc) is 1.61. The van der Waals surface area contributed by atoms with Crippen LogP contribution in [0.3, 0.4) is 0 Å². The summed E-state index contributed by atoms with van der Waals surface area (Å²) in [5, 5.41) is 56.3. The molecule has 0 amide bonds. The van der Waals surface area contributed by atoms with Gasteiger partial charge in [-0.3, -0.25) is 0 Å². The Kier molecular flexibility index (Phi) is 31.9. The summed E-state index contributed by atoms with van der Waals surface area (Å²) in [5.74, 6) is 1.24. The average molecular weight is 1950 g/mol. The molecule has 4 heterocycles. The van der Waals surface area contributed by atoms with Gasteiger partial charge in [-0.05, 0) is 151 Å². The summed E-state index contributed by atoms with van der Waals surface area (Å²) in [6.07, 6.45) is 0. The summed E-state index contributed by atoms with van der Waals surface area (Å²) < 4.78 is 8.75. The van der Waals surface area contributed by atoms with E-state index in [1.807, 2.05) is 121 Å². The Balaban J connectivity index is 0.000000168. The molecule has 14 heteroatoms. The molecule has 20 rings (SSSR count). The normalized spacial score (nSPS) is 11.1. The fourth-order valence-electron chi connectivity index (χ4n) is 17.3. The Bertz CT molecular complexity index is 6140. The summed E-state index contributed by atoms with van der Waals surface area (Å²) in [6.45, 7) is 28.9. The smallest absolute Gasteiger partial charge is 0.505 e. The van der Waals surface area contributed by atoms with Gasteiger partial charge < -0.3 is 58.3 Å². The summed E-state index contributed by atoms with van der Waals surface area (Å²) in [6, 6.07) is 123. The van der Waals surface area contributed by atoms with Crippen LogP contribution in [0.5, 0.6) is 23.0 Å². The topological polar surface area (TPSA) is 114 Å². The third-order valence-corrected chi connectivity index (χ3v) is 23.4. The molecule has 0 unspecified atom stereocenters. The minimum atomic E-state index is 0. The van der Waals surface area contributed by atoms with Crippen LogP contribution in [0.1, 0.15) is 66.8 Å². The predicted molar refractivity (Wildman–Crippen MR) is 538 cm³/mol. The van der Waals surface area contributed by atoms with Crippen LogP contribution >= 0.6 is 0 Å². The first-order chi connectivity index (χ1) is 62.1. The first-order valence-corrected chi connectivity index (χ1v) is 43.6. The summed E-state index contributed by atoms with van der Waals surface area (Å²) >= 11 is 0. The Hall–Kier alpha value is -13.0. The van der Waals surface area contributed by atoms with E-state index in [-0.39, 0.29) is 52.0 Å². The van der Waals surface area contributed by atoms with E-state index in [1.165, 1.54) is 43.1 Å². The molecule has 0 saturated heterocycles. The second kappa shape index (κ2) is 43.9. The number of aromatic hydroxyl groups is 4. The Morgan fingerprint density at radius 3 is 0.492 bits per heavy atom. The molecule has 644 valence electrons. The number of hydrogen-bond donors (Lipinski definition) is 4. The number of aryl methyl sites for hydroxylation is 4. The molecular formula is C116H112HfN8O4Zr+4. The zero-order valence-corrected chi connectivity index (χ0v) is 81.5. The van der Waals surface area contributed by atoms with E-state index in [1.54, 1.807) is 0 Å². The standard InChI is InChI=1S/2C44H42N4O2.4C7H7.Hf.Zr/c2*1-29-23-31(43(49)41(25-29)47-37-17-9-5-13-33(37)34-14-6-10-18-38(34)47)27-45(3)21-22-46(4)28-32-24-30(2)26-42(44(32)50)48-39-19-11-7-15-35(39)36-16-8-12-20-40(36)48;4*1-7-5-3-2-4-6-7;;/h2*5-20,23-26,49-50H,21-22,27-28H2,1-4H3;4*2-6H,1H2;;/q;;4*-1;2*+4. The van der Waals surface area contributed by atoms with Gasteiger partial charge in [0.25, 0.3) is 0 Å². The summed E-state index contributed by atoms with van der Waals surface area (Å²) in [5.41, 5.74) is 24.2.